The lowest BCUT2D eigenvalue weighted by Gasteiger charge is -2.11. The molecule has 3 nitrogen and oxygen atoms in total. The molecule has 1 rings (SSSR count). The lowest BCUT2D eigenvalue weighted by molar-refractivity contribution is -0.307. The van der Waals surface area contributed by atoms with Gasteiger partial charge < -0.3 is 15.0 Å². The van der Waals surface area contributed by atoms with Crippen LogP contribution in [0, 0.1) is 0 Å². The van der Waals surface area contributed by atoms with Crippen LogP contribution in [0.3, 0.4) is 0 Å². The summed E-state index contributed by atoms with van der Waals surface area (Å²) in [4.78, 5) is 10.2. The number of carbonyl (C=O) groups is 1. The number of carboxylic acid groups (broad SMARTS) is 1. The van der Waals surface area contributed by atoms with Crippen LogP contribution in [0.5, 0.6) is 0 Å². The molecule has 0 spiro atoms. The maximum Gasteiger partial charge on any atom is 0.0842 e. The molecule has 0 aliphatic heterocycles. The van der Waals surface area contributed by atoms with Gasteiger partial charge >= 0.3 is 0 Å². The monoisotopic (exact) mass is 199 g/mol. The van der Waals surface area contributed by atoms with Gasteiger partial charge in [-0.25, -0.2) is 0 Å². The Morgan fingerprint density at radius 2 is 2.31 bits per heavy atom. The number of hydrogen-bond acceptors (Lipinski definition) is 3. The van der Waals surface area contributed by atoms with Crippen LogP contribution in [0.25, 0.3) is 0 Å². The van der Waals surface area contributed by atoms with Crippen LogP contribution < -0.4 is 5.11 Å². The Morgan fingerprint density at radius 3 is 2.85 bits per heavy atom. The van der Waals surface area contributed by atoms with E-state index in [1.165, 1.54) is 6.07 Å². The summed E-state index contributed by atoms with van der Waals surface area (Å²) < 4.78 is 0. The van der Waals surface area contributed by atoms with Gasteiger partial charge in [-0.2, -0.15) is 0 Å². The Balaban J connectivity index is 2.76. The summed E-state index contributed by atoms with van der Waals surface area (Å²) in [5, 5.41) is 20.0. The molecule has 1 aromatic rings. The quantitative estimate of drug-likeness (QED) is 0.772. The second-order valence-electron chi connectivity index (χ2n) is 2.65. The molecule has 1 atom stereocenters. The van der Waals surface area contributed by atoms with Gasteiger partial charge in [-0.1, -0.05) is 23.7 Å². The first-order valence-electron chi connectivity index (χ1n) is 3.73. The number of carbonyl (C=O) groups excluding carboxylic acids is 1. The van der Waals surface area contributed by atoms with E-state index < -0.39 is 18.5 Å². The highest BCUT2D eigenvalue weighted by Crippen LogP contribution is 2.19. The lowest BCUT2D eigenvalue weighted by Crippen LogP contribution is -2.24. The van der Waals surface area contributed by atoms with Crippen LogP contribution in [-0.4, -0.2) is 11.1 Å². The van der Waals surface area contributed by atoms with Crippen molar-refractivity contribution in [2.24, 2.45) is 0 Å². The van der Waals surface area contributed by atoms with Crippen molar-refractivity contribution in [1.29, 1.82) is 0 Å². The van der Waals surface area contributed by atoms with Gasteiger partial charge in [-0.15, -0.1) is 0 Å². The largest absolute Gasteiger partial charge is 0.550 e. The first-order valence-corrected chi connectivity index (χ1v) is 4.11. The molecule has 0 saturated carbocycles. The molecule has 0 amide bonds. The van der Waals surface area contributed by atoms with E-state index >= 15 is 0 Å². The summed E-state index contributed by atoms with van der Waals surface area (Å²) in [6.45, 7) is 0. The van der Waals surface area contributed by atoms with Crippen LogP contribution in [0.4, 0.5) is 0 Å². The normalized spacial score (nSPS) is 12.5. The van der Waals surface area contributed by atoms with E-state index in [0.717, 1.165) is 0 Å². The summed E-state index contributed by atoms with van der Waals surface area (Å²) in [6.07, 6.45) is -1.47. The standard InChI is InChI=1S/C9H9ClO3/c10-7-3-1-2-6(4-7)8(11)5-9(12)13/h1-4,8,11H,5H2,(H,12,13)/p-1. The van der Waals surface area contributed by atoms with Crippen molar-refractivity contribution in [3.63, 3.8) is 0 Å². The highest BCUT2D eigenvalue weighted by Gasteiger charge is 2.07. The molecule has 4 heteroatoms. The van der Waals surface area contributed by atoms with E-state index in [-0.39, 0.29) is 0 Å². The predicted molar refractivity (Wildman–Crippen MR) is 46.0 cm³/mol. The molecule has 1 N–H and O–H groups in total. The highest BCUT2D eigenvalue weighted by molar-refractivity contribution is 6.30. The third-order valence-corrected chi connectivity index (χ3v) is 1.83. The topological polar surface area (TPSA) is 60.4 Å². The molecular formula is C9H8ClO3-. The summed E-state index contributed by atoms with van der Waals surface area (Å²) in [7, 11) is 0. The third kappa shape index (κ3) is 3.05. The molecule has 0 saturated heterocycles. The molecule has 0 aliphatic rings. The van der Waals surface area contributed by atoms with E-state index in [4.69, 9.17) is 11.6 Å². The van der Waals surface area contributed by atoms with Gasteiger partial charge in [-0.05, 0) is 17.7 Å². The first kappa shape index (κ1) is 10.0. The molecule has 0 aromatic heterocycles. The molecule has 0 bridgehead atoms. The third-order valence-electron chi connectivity index (χ3n) is 1.59. The van der Waals surface area contributed by atoms with Crippen LogP contribution in [0.1, 0.15) is 18.1 Å². The highest BCUT2D eigenvalue weighted by atomic mass is 35.5. The lowest BCUT2D eigenvalue weighted by atomic mass is 10.1. The Kier molecular flexibility index (Phi) is 3.28. The summed E-state index contributed by atoms with van der Waals surface area (Å²) >= 11 is 5.65. The summed E-state index contributed by atoms with van der Waals surface area (Å²) in [6, 6.07) is 6.43. The van der Waals surface area contributed by atoms with Crippen molar-refractivity contribution in [2.75, 3.05) is 0 Å². The van der Waals surface area contributed by atoms with Crippen molar-refractivity contribution in [3.05, 3.63) is 34.9 Å². The van der Waals surface area contributed by atoms with Gasteiger partial charge in [0.05, 0.1) is 6.10 Å². The number of halogens is 1. The van der Waals surface area contributed by atoms with Crippen molar-refractivity contribution >= 4 is 17.6 Å². The molecule has 0 heterocycles. The zero-order valence-corrected chi connectivity index (χ0v) is 7.49. The van der Waals surface area contributed by atoms with Gasteiger partial charge in [0.15, 0.2) is 0 Å². The number of hydrogen-bond donors (Lipinski definition) is 1. The minimum absolute atomic E-state index is 0.416. The molecule has 0 aliphatic carbocycles. The molecule has 1 unspecified atom stereocenters. The van der Waals surface area contributed by atoms with Gasteiger partial charge in [0.2, 0.25) is 0 Å². The van der Waals surface area contributed by atoms with Crippen LogP contribution in [0.15, 0.2) is 24.3 Å². The molecule has 13 heavy (non-hydrogen) atoms. The second-order valence-corrected chi connectivity index (χ2v) is 3.08. The van der Waals surface area contributed by atoms with E-state index in [9.17, 15) is 15.0 Å². The van der Waals surface area contributed by atoms with Gasteiger partial charge in [0.25, 0.3) is 0 Å². The molecule has 0 radical (unpaired) electrons. The van der Waals surface area contributed by atoms with Crippen molar-refractivity contribution in [2.45, 2.75) is 12.5 Å². The van der Waals surface area contributed by atoms with Crippen molar-refractivity contribution in [1.82, 2.24) is 0 Å². The van der Waals surface area contributed by atoms with Crippen LogP contribution >= 0.6 is 11.6 Å². The number of aliphatic hydroxyl groups excluding tert-OH is 1. The SMILES string of the molecule is O=C([O-])CC(O)c1cccc(Cl)c1. The number of aliphatic carboxylic acids is 1. The summed E-state index contributed by atoms with van der Waals surface area (Å²) in [5.74, 6) is -1.28. The number of benzene rings is 1. The molecule has 0 fully saturated rings. The zero-order chi connectivity index (χ0) is 9.84. The van der Waals surface area contributed by atoms with Crippen molar-refractivity contribution in [3.8, 4) is 0 Å². The Bertz CT molecular complexity index is 311. The maximum atomic E-state index is 10.2. The Morgan fingerprint density at radius 1 is 1.62 bits per heavy atom. The Labute approximate surface area is 80.6 Å². The fourth-order valence-electron chi connectivity index (χ4n) is 0.990. The average Bonchev–Trinajstić information content (AvgIpc) is 2.03. The van der Waals surface area contributed by atoms with E-state index in [2.05, 4.69) is 0 Å². The number of carboxylic acids is 1. The van der Waals surface area contributed by atoms with E-state index in [0.29, 0.717) is 10.6 Å². The smallest absolute Gasteiger partial charge is 0.0842 e. The fourth-order valence-corrected chi connectivity index (χ4v) is 1.19. The number of aliphatic hydroxyl groups is 1. The predicted octanol–water partition coefficient (Wildman–Crippen LogP) is 0.513. The molecule has 1 aromatic carbocycles. The second kappa shape index (κ2) is 4.25. The maximum absolute atomic E-state index is 10.2. The molecular weight excluding hydrogens is 192 g/mol. The first-order chi connectivity index (χ1) is 6.09. The van der Waals surface area contributed by atoms with Gasteiger partial charge in [0, 0.05) is 17.4 Å². The Hall–Kier alpha value is -1.06. The van der Waals surface area contributed by atoms with Crippen LogP contribution in [0.2, 0.25) is 5.02 Å². The zero-order valence-electron chi connectivity index (χ0n) is 6.74. The van der Waals surface area contributed by atoms with E-state index in [1.54, 1.807) is 18.2 Å². The van der Waals surface area contributed by atoms with Crippen molar-refractivity contribution < 1.29 is 15.0 Å². The fraction of sp³-hybridized carbons (Fsp3) is 0.222. The van der Waals surface area contributed by atoms with E-state index in [1.807, 2.05) is 0 Å². The minimum Gasteiger partial charge on any atom is -0.550 e. The van der Waals surface area contributed by atoms with Gasteiger partial charge in [-0.3, -0.25) is 0 Å². The van der Waals surface area contributed by atoms with Gasteiger partial charge in [0.1, 0.15) is 0 Å². The molecule has 70 valence electrons. The minimum atomic E-state index is -1.28. The average molecular weight is 200 g/mol. The number of rotatable bonds is 3. The summed E-state index contributed by atoms with van der Waals surface area (Å²) in [5.41, 5.74) is 0.483. The van der Waals surface area contributed by atoms with Crippen LogP contribution in [-0.2, 0) is 4.79 Å².